The van der Waals surface area contributed by atoms with E-state index < -0.39 is 48.4 Å². The fourth-order valence-electron chi connectivity index (χ4n) is 3.82. The van der Waals surface area contributed by atoms with Crippen molar-refractivity contribution in [2.24, 2.45) is 5.92 Å². The van der Waals surface area contributed by atoms with Crippen molar-refractivity contribution >= 4 is 6.09 Å². The van der Waals surface area contributed by atoms with E-state index >= 15 is 0 Å². The van der Waals surface area contributed by atoms with E-state index in [9.17, 15) is 32.6 Å². The number of ether oxygens (including phenoxy) is 1. The summed E-state index contributed by atoms with van der Waals surface area (Å²) >= 11 is 0. The van der Waals surface area contributed by atoms with Crippen LogP contribution in [0.25, 0.3) is 0 Å². The molecular weight excluding hydrogens is 362 g/mol. The van der Waals surface area contributed by atoms with Crippen LogP contribution in [0.3, 0.4) is 0 Å². The van der Waals surface area contributed by atoms with Gasteiger partial charge in [0.25, 0.3) is 0 Å². The lowest BCUT2D eigenvalue weighted by atomic mass is 9.86. The second-order valence-electron chi connectivity index (χ2n) is 6.76. The number of carbonyl (C=O) groups excluding carboxylic acids is 1. The molecule has 1 N–H and O–H groups in total. The third kappa shape index (κ3) is 3.50. The van der Waals surface area contributed by atoms with Crippen LogP contribution < -0.4 is 5.11 Å². The summed E-state index contributed by atoms with van der Waals surface area (Å²) in [6.07, 6.45) is -5.13. The first kappa shape index (κ1) is 18.9. The van der Waals surface area contributed by atoms with Gasteiger partial charge >= 0.3 is 6.18 Å². The van der Waals surface area contributed by atoms with Gasteiger partial charge in [-0.1, -0.05) is 0 Å². The van der Waals surface area contributed by atoms with E-state index in [-0.39, 0.29) is 32.4 Å². The number of amides is 1. The average molecular weight is 380 g/mol. The standard InChI is InChI=1S/C15H19F4N3O4/c16-9-6-20-22(7-9)11-5-14(1-3-21(4-2-14)13(24)25)26-12(11)10(8-23)15(17,18)19/h6-7,10-12,23H,1-5,8H2,(H,24,25)/p-1/t10?,11-,12-/m1/s1. The highest BCUT2D eigenvalue weighted by atomic mass is 19.4. The molecule has 0 aromatic carbocycles. The quantitative estimate of drug-likeness (QED) is 0.780. The second-order valence-corrected chi connectivity index (χ2v) is 6.76. The van der Waals surface area contributed by atoms with Gasteiger partial charge in [0.2, 0.25) is 0 Å². The van der Waals surface area contributed by atoms with E-state index in [1.54, 1.807) is 0 Å². The minimum Gasteiger partial charge on any atom is -0.530 e. The van der Waals surface area contributed by atoms with Gasteiger partial charge in [-0.3, -0.25) is 4.68 Å². The number of carboxylic acid groups (broad SMARTS) is 1. The van der Waals surface area contributed by atoms with Gasteiger partial charge in [0.15, 0.2) is 5.82 Å². The van der Waals surface area contributed by atoms with Gasteiger partial charge in [-0.25, -0.2) is 4.39 Å². The molecule has 1 aromatic rings. The molecule has 26 heavy (non-hydrogen) atoms. The largest absolute Gasteiger partial charge is 0.530 e. The van der Waals surface area contributed by atoms with Crippen LogP contribution in [0.1, 0.15) is 25.3 Å². The molecular formula is C15H18F4N3O4-. The average Bonchev–Trinajstić information content (AvgIpc) is 3.12. The van der Waals surface area contributed by atoms with Gasteiger partial charge in [-0.2, -0.15) is 18.3 Å². The SMILES string of the molecule is O=C([O-])N1CCC2(CC1)C[C@@H](n1cc(F)cn1)[C@@H](C(CO)C(F)(F)F)O2. The Morgan fingerprint density at radius 1 is 1.46 bits per heavy atom. The normalized spacial score (nSPS) is 27.0. The van der Waals surface area contributed by atoms with Gasteiger partial charge in [0, 0.05) is 19.5 Å². The summed E-state index contributed by atoms with van der Waals surface area (Å²) in [6.45, 7) is -1.02. The highest BCUT2D eigenvalue weighted by Crippen LogP contribution is 2.49. The molecule has 1 spiro atoms. The monoisotopic (exact) mass is 380 g/mol. The maximum Gasteiger partial charge on any atom is 0.396 e. The number of aromatic nitrogens is 2. The molecule has 7 nitrogen and oxygen atoms in total. The molecule has 0 saturated carbocycles. The molecule has 3 rings (SSSR count). The molecule has 2 fully saturated rings. The Kier molecular flexibility index (Phi) is 4.86. The zero-order chi connectivity index (χ0) is 19.1. The van der Waals surface area contributed by atoms with Crippen LogP contribution in [0.4, 0.5) is 22.4 Å². The summed E-state index contributed by atoms with van der Waals surface area (Å²) in [6, 6.07) is -0.923. The van der Waals surface area contributed by atoms with E-state index in [1.165, 1.54) is 0 Å². The zero-order valence-electron chi connectivity index (χ0n) is 13.7. The first-order valence-electron chi connectivity index (χ1n) is 8.16. The molecule has 2 saturated heterocycles. The molecule has 1 unspecified atom stereocenters. The highest BCUT2D eigenvalue weighted by molar-refractivity contribution is 5.62. The van der Waals surface area contributed by atoms with Crippen LogP contribution >= 0.6 is 0 Å². The molecule has 3 heterocycles. The van der Waals surface area contributed by atoms with Crippen molar-refractivity contribution in [2.75, 3.05) is 19.7 Å². The van der Waals surface area contributed by atoms with E-state index in [2.05, 4.69) is 5.10 Å². The third-order valence-electron chi connectivity index (χ3n) is 5.20. The number of rotatable bonds is 3. The van der Waals surface area contributed by atoms with Crippen LogP contribution in [-0.2, 0) is 4.74 Å². The van der Waals surface area contributed by atoms with Gasteiger partial charge < -0.3 is 24.6 Å². The number of nitrogens with zero attached hydrogens (tertiary/aromatic N) is 3. The van der Waals surface area contributed by atoms with Crippen molar-refractivity contribution in [3.05, 3.63) is 18.2 Å². The molecule has 3 atom stereocenters. The number of alkyl halides is 3. The maximum absolute atomic E-state index is 13.4. The Bertz CT molecular complexity index is 658. The molecule has 1 aromatic heterocycles. The number of aliphatic hydroxyl groups is 1. The zero-order valence-corrected chi connectivity index (χ0v) is 13.7. The predicted octanol–water partition coefficient (Wildman–Crippen LogP) is 0.701. The third-order valence-corrected chi connectivity index (χ3v) is 5.20. The molecule has 2 aliphatic heterocycles. The molecule has 0 bridgehead atoms. The van der Waals surface area contributed by atoms with Crippen LogP contribution in [0.15, 0.2) is 12.4 Å². The Morgan fingerprint density at radius 2 is 2.12 bits per heavy atom. The topological polar surface area (TPSA) is 90.7 Å². The number of carbonyl (C=O) groups is 1. The van der Waals surface area contributed by atoms with E-state index in [0.29, 0.717) is 0 Å². The van der Waals surface area contributed by atoms with Crippen molar-refractivity contribution in [3.63, 3.8) is 0 Å². The van der Waals surface area contributed by atoms with Gasteiger partial charge in [-0.15, -0.1) is 0 Å². The Labute approximate surface area is 146 Å². The lowest BCUT2D eigenvalue weighted by Crippen LogP contribution is -2.51. The van der Waals surface area contributed by atoms with E-state index in [0.717, 1.165) is 22.0 Å². The Balaban J connectivity index is 1.87. The lowest BCUT2D eigenvalue weighted by molar-refractivity contribution is -0.268. The summed E-state index contributed by atoms with van der Waals surface area (Å²) in [5.41, 5.74) is -0.984. The Hall–Kier alpha value is -1.88. The van der Waals surface area contributed by atoms with Crippen LogP contribution in [0.5, 0.6) is 0 Å². The maximum atomic E-state index is 13.4. The summed E-state index contributed by atoms with van der Waals surface area (Å²) < 4.78 is 60.2. The fraction of sp³-hybridized carbons (Fsp3) is 0.733. The van der Waals surface area contributed by atoms with Crippen molar-refractivity contribution in [2.45, 2.75) is 43.2 Å². The van der Waals surface area contributed by atoms with Crippen molar-refractivity contribution in [1.82, 2.24) is 14.7 Å². The number of halogens is 4. The van der Waals surface area contributed by atoms with Crippen LogP contribution in [0, 0.1) is 11.7 Å². The molecule has 1 amide bonds. The minimum absolute atomic E-state index is 0.0745. The molecule has 0 aliphatic carbocycles. The minimum atomic E-state index is -4.71. The van der Waals surface area contributed by atoms with Crippen LogP contribution in [0.2, 0.25) is 0 Å². The highest BCUT2D eigenvalue weighted by Gasteiger charge is 2.57. The number of aliphatic hydroxyl groups excluding tert-OH is 1. The van der Waals surface area contributed by atoms with Gasteiger partial charge in [0.05, 0.1) is 36.7 Å². The first-order chi connectivity index (χ1) is 12.1. The second kappa shape index (κ2) is 6.69. The van der Waals surface area contributed by atoms with E-state index in [1.807, 2.05) is 0 Å². The lowest BCUT2D eigenvalue weighted by Gasteiger charge is -2.40. The van der Waals surface area contributed by atoms with E-state index in [4.69, 9.17) is 4.74 Å². The van der Waals surface area contributed by atoms with Crippen molar-refractivity contribution < 1.29 is 37.3 Å². The fourth-order valence-corrected chi connectivity index (χ4v) is 3.82. The predicted molar refractivity (Wildman–Crippen MR) is 76.3 cm³/mol. The number of hydrogen-bond donors (Lipinski definition) is 1. The molecule has 2 aliphatic rings. The number of piperidine rings is 1. The van der Waals surface area contributed by atoms with Crippen molar-refractivity contribution in [1.29, 1.82) is 0 Å². The molecule has 0 radical (unpaired) electrons. The van der Waals surface area contributed by atoms with Gasteiger partial charge in [-0.05, 0) is 12.8 Å². The number of hydrogen-bond acceptors (Lipinski definition) is 5. The first-order valence-corrected chi connectivity index (χ1v) is 8.16. The summed E-state index contributed by atoms with van der Waals surface area (Å²) in [4.78, 5) is 12.0. The summed E-state index contributed by atoms with van der Waals surface area (Å²) in [5, 5.41) is 24.0. The Morgan fingerprint density at radius 3 is 2.58 bits per heavy atom. The molecule has 11 heteroatoms. The van der Waals surface area contributed by atoms with Crippen molar-refractivity contribution in [3.8, 4) is 0 Å². The number of likely N-dealkylation sites (tertiary alicyclic amines) is 1. The smallest absolute Gasteiger partial charge is 0.396 e. The van der Waals surface area contributed by atoms with Crippen LogP contribution in [-0.4, -0.2) is 63.5 Å². The molecule has 146 valence electrons. The van der Waals surface area contributed by atoms with Gasteiger partial charge in [0.1, 0.15) is 12.0 Å². The summed E-state index contributed by atoms with van der Waals surface area (Å²) in [7, 11) is 0. The summed E-state index contributed by atoms with van der Waals surface area (Å²) in [5.74, 6) is -2.85.